The lowest BCUT2D eigenvalue weighted by atomic mass is 10.0. The molecule has 6 heteroatoms. The molecule has 0 fully saturated rings. The molecule has 2 heterocycles. The first-order chi connectivity index (χ1) is 13.3. The normalized spacial score (nSPS) is 11.9. The van der Waals surface area contributed by atoms with Crippen molar-refractivity contribution in [2.75, 3.05) is 0 Å². The summed E-state index contributed by atoms with van der Waals surface area (Å²) in [5.41, 5.74) is 1.74. The Balaban J connectivity index is 2.04. The number of aromatic nitrogens is 2. The first-order valence-electron chi connectivity index (χ1n) is 8.82. The van der Waals surface area contributed by atoms with Crippen molar-refractivity contribution < 1.29 is 26.7 Å². The van der Waals surface area contributed by atoms with Gasteiger partial charge < -0.3 is 4.42 Å². The van der Waals surface area contributed by atoms with Crippen LogP contribution in [0.5, 0.6) is 0 Å². The van der Waals surface area contributed by atoms with Crippen molar-refractivity contribution in [3.8, 4) is 17.1 Å². The highest BCUT2D eigenvalue weighted by molar-refractivity contribution is 5.81. The molecule has 0 unspecified atom stereocenters. The largest absolute Gasteiger partial charge is 0.416 e. The van der Waals surface area contributed by atoms with Gasteiger partial charge in [-0.1, -0.05) is 18.2 Å². The monoisotopic (exact) mass is 384 g/mol. The van der Waals surface area contributed by atoms with Crippen molar-refractivity contribution in [2.24, 2.45) is 7.05 Å². The van der Waals surface area contributed by atoms with E-state index in [2.05, 4.69) is 0 Å². The molecule has 0 amide bonds. The Labute approximate surface area is 160 Å². The topological polar surface area (TPSA) is 20.9 Å². The Kier molecular flexibility index (Phi) is 4.22. The van der Waals surface area contributed by atoms with E-state index in [0.29, 0.717) is 22.7 Å². The number of oxazole rings is 1. The summed E-state index contributed by atoms with van der Waals surface area (Å²) >= 11 is 0. The summed E-state index contributed by atoms with van der Waals surface area (Å²) in [7, 11) is 1.74. The fraction of sp³-hybridized carbons (Fsp3) is 0.182. The van der Waals surface area contributed by atoms with Gasteiger partial charge in [-0.15, -0.1) is 0 Å². The maximum atomic E-state index is 13.6. The zero-order chi connectivity index (χ0) is 20.1. The third-order valence-corrected chi connectivity index (χ3v) is 4.99. The molecule has 0 aliphatic rings. The molecule has 2 aromatic heterocycles. The molecule has 4 rings (SSSR count). The number of benzene rings is 2. The molecule has 0 saturated heterocycles. The second-order valence-corrected chi connectivity index (χ2v) is 6.90. The number of fused-ring (bicyclic) bond motifs is 1. The van der Waals surface area contributed by atoms with Crippen LogP contribution in [0.15, 0.2) is 65.5 Å². The summed E-state index contributed by atoms with van der Waals surface area (Å²) < 4.78 is 49.9. The highest BCUT2D eigenvalue weighted by Gasteiger charge is 2.35. The van der Waals surface area contributed by atoms with Gasteiger partial charge in [0.2, 0.25) is 11.9 Å². The number of hydrogen-bond donors (Lipinski definition) is 0. The molecule has 4 aromatic rings. The quantitative estimate of drug-likeness (QED) is 0.453. The van der Waals surface area contributed by atoms with Crippen LogP contribution in [0.4, 0.5) is 13.2 Å². The Morgan fingerprint density at radius 1 is 0.964 bits per heavy atom. The minimum Gasteiger partial charge on any atom is -0.406 e. The highest BCUT2D eigenvalue weighted by Crippen LogP contribution is 2.35. The lowest BCUT2D eigenvalue weighted by molar-refractivity contribution is -0.662. The van der Waals surface area contributed by atoms with Gasteiger partial charge in [-0.2, -0.15) is 22.3 Å². The fourth-order valence-corrected chi connectivity index (χ4v) is 3.48. The standard InChI is InChI=1S/C22H19F3N2O/c1-14-10-16-6-4-5-7-17(16)13-27(14)20-12-18(22(23,24)25)11-19(15(20)2)21-26(3)8-9-28-21/h4-13H,1-3H3/q+2. The molecule has 0 N–H and O–H groups in total. The Bertz CT molecular complexity index is 1190. The summed E-state index contributed by atoms with van der Waals surface area (Å²) in [6.07, 6.45) is 0.541. The van der Waals surface area contributed by atoms with E-state index in [1.807, 2.05) is 50.4 Å². The van der Waals surface area contributed by atoms with E-state index < -0.39 is 11.7 Å². The molecule has 0 atom stereocenters. The molecule has 3 nitrogen and oxygen atoms in total. The van der Waals surface area contributed by atoms with E-state index in [4.69, 9.17) is 4.42 Å². The van der Waals surface area contributed by atoms with Gasteiger partial charge in [-0.25, -0.2) is 0 Å². The van der Waals surface area contributed by atoms with E-state index >= 15 is 0 Å². The molecule has 0 radical (unpaired) electrons. The lowest BCUT2D eigenvalue weighted by Crippen LogP contribution is -2.36. The maximum Gasteiger partial charge on any atom is 0.416 e. The van der Waals surface area contributed by atoms with Crippen molar-refractivity contribution in [3.05, 3.63) is 77.9 Å². The van der Waals surface area contributed by atoms with Crippen molar-refractivity contribution in [1.82, 2.24) is 0 Å². The van der Waals surface area contributed by atoms with Crippen molar-refractivity contribution >= 4 is 10.8 Å². The first kappa shape index (κ1) is 18.2. The minimum atomic E-state index is -4.46. The van der Waals surface area contributed by atoms with E-state index in [9.17, 15) is 13.2 Å². The van der Waals surface area contributed by atoms with Gasteiger partial charge >= 0.3 is 12.1 Å². The summed E-state index contributed by atoms with van der Waals surface area (Å²) in [6.45, 7) is 3.70. The lowest BCUT2D eigenvalue weighted by Gasteiger charge is -2.12. The SMILES string of the molecule is Cc1c(-c2occ[n+]2C)cc(C(F)(F)F)cc1-[n+]1cc2ccccc2cc1C. The Morgan fingerprint density at radius 3 is 2.32 bits per heavy atom. The van der Waals surface area contributed by atoms with E-state index in [0.717, 1.165) is 22.5 Å². The third kappa shape index (κ3) is 3.05. The van der Waals surface area contributed by atoms with Crippen LogP contribution in [0, 0.1) is 13.8 Å². The molecule has 0 spiro atoms. The molecular formula is C22H19F3N2O+2. The highest BCUT2D eigenvalue weighted by atomic mass is 19.4. The van der Waals surface area contributed by atoms with Gasteiger partial charge in [-0.05, 0) is 24.4 Å². The summed E-state index contributed by atoms with van der Waals surface area (Å²) in [4.78, 5) is 0. The summed E-state index contributed by atoms with van der Waals surface area (Å²) in [5.74, 6) is 0.379. The van der Waals surface area contributed by atoms with E-state index in [-0.39, 0.29) is 0 Å². The summed E-state index contributed by atoms with van der Waals surface area (Å²) in [5, 5.41) is 1.99. The number of pyridine rings is 1. The average molecular weight is 384 g/mol. The van der Waals surface area contributed by atoms with Crippen LogP contribution in [0.25, 0.3) is 27.9 Å². The average Bonchev–Trinajstić information content (AvgIpc) is 3.06. The number of halogens is 3. The van der Waals surface area contributed by atoms with Crippen molar-refractivity contribution in [3.63, 3.8) is 0 Å². The first-order valence-corrected chi connectivity index (χ1v) is 8.82. The van der Waals surface area contributed by atoms with Gasteiger partial charge in [0, 0.05) is 30.0 Å². The van der Waals surface area contributed by atoms with Gasteiger partial charge in [0.25, 0.3) is 0 Å². The van der Waals surface area contributed by atoms with Crippen molar-refractivity contribution in [2.45, 2.75) is 20.0 Å². The van der Waals surface area contributed by atoms with Crippen LogP contribution in [0.2, 0.25) is 0 Å². The Hall–Kier alpha value is -3.15. The van der Waals surface area contributed by atoms with E-state index in [1.54, 1.807) is 22.4 Å². The van der Waals surface area contributed by atoms with Crippen LogP contribution >= 0.6 is 0 Å². The smallest absolute Gasteiger partial charge is 0.406 e. The fourth-order valence-electron chi connectivity index (χ4n) is 3.48. The van der Waals surface area contributed by atoms with Gasteiger partial charge in [0.1, 0.15) is 7.05 Å². The molecule has 0 saturated carbocycles. The predicted molar refractivity (Wildman–Crippen MR) is 98.8 cm³/mol. The molecule has 0 bridgehead atoms. The zero-order valence-electron chi connectivity index (χ0n) is 15.7. The third-order valence-electron chi connectivity index (χ3n) is 4.99. The Morgan fingerprint density at radius 2 is 1.68 bits per heavy atom. The predicted octanol–water partition coefficient (Wildman–Crippen LogP) is 4.84. The molecule has 28 heavy (non-hydrogen) atoms. The van der Waals surface area contributed by atoms with Crippen LogP contribution in [0.1, 0.15) is 16.8 Å². The summed E-state index contributed by atoms with van der Waals surface area (Å²) in [6, 6.07) is 12.1. The van der Waals surface area contributed by atoms with Crippen molar-refractivity contribution in [1.29, 1.82) is 0 Å². The van der Waals surface area contributed by atoms with Gasteiger partial charge in [0.15, 0.2) is 18.2 Å². The van der Waals surface area contributed by atoms with Crippen LogP contribution in [0.3, 0.4) is 0 Å². The van der Waals surface area contributed by atoms with Gasteiger partial charge in [0.05, 0.1) is 11.1 Å². The number of aryl methyl sites for hydroxylation is 2. The van der Waals surface area contributed by atoms with Crippen LogP contribution in [-0.2, 0) is 13.2 Å². The van der Waals surface area contributed by atoms with Gasteiger partial charge in [-0.3, -0.25) is 0 Å². The number of alkyl halides is 3. The number of nitrogens with zero attached hydrogens (tertiary/aromatic N) is 2. The van der Waals surface area contributed by atoms with Crippen LogP contribution < -0.4 is 9.13 Å². The second kappa shape index (κ2) is 6.48. The zero-order valence-corrected chi connectivity index (χ0v) is 15.7. The molecule has 0 aliphatic heterocycles. The number of rotatable bonds is 2. The minimum absolute atomic E-state index is 0.379. The van der Waals surface area contributed by atoms with E-state index in [1.165, 1.54) is 12.3 Å². The second-order valence-electron chi connectivity index (χ2n) is 6.90. The molecule has 2 aromatic carbocycles. The number of hydrogen-bond acceptors (Lipinski definition) is 1. The molecule has 0 aliphatic carbocycles. The molecular weight excluding hydrogens is 365 g/mol. The maximum absolute atomic E-state index is 13.6. The van der Waals surface area contributed by atoms with Crippen LogP contribution in [-0.4, -0.2) is 0 Å². The molecule has 142 valence electrons.